The van der Waals surface area contributed by atoms with Gasteiger partial charge in [0.05, 0.1) is 0 Å². The van der Waals surface area contributed by atoms with E-state index in [-0.39, 0.29) is 11.7 Å². The van der Waals surface area contributed by atoms with Gasteiger partial charge >= 0.3 is 0 Å². The molecule has 4 nitrogen and oxygen atoms in total. The molecule has 0 heterocycles. The Labute approximate surface area is 145 Å². The number of rotatable bonds is 5. The Kier molecular flexibility index (Phi) is 4.95. The highest BCUT2D eigenvalue weighted by molar-refractivity contribution is 6.04. The summed E-state index contributed by atoms with van der Waals surface area (Å²) in [5, 5.41) is 9.15. The highest BCUT2D eigenvalue weighted by atomic mass is 19.1. The Bertz CT molecular complexity index is 844. The van der Waals surface area contributed by atoms with Gasteiger partial charge in [0.25, 0.3) is 5.91 Å². The van der Waals surface area contributed by atoms with Gasteiger partial charge in [-0.25, -0.2) is 4.39 Å². The Morgan fingerprint density at radius 3 is 1.72 bits per heavy atom. The quantitative estimate of drug-likeness (QED) is 0.624. The van der Waals surface area contributed by atoms with Crippen molar-refractivity contribution in [2.24, 2.45) is 0 Å². The molecule has 0 radical (unpaired) electrons. The maximum absolute atomic E-state index is 12.9. The minimum Gasteiger partial charge on any atom is -0.388 e. The van der Waals surface area contributed by atoms with Crippen molar-refractivity contribution in [3.8, 4) is 0 Å². The molecule has 126 valence electrons. The van der Waals surface area contributed by atoms with Gasteiger partial charge in [0.2, 0.25) is 0 Å². The van der Waals surface area contributed by atoms with Crippen LogP contribution in [0, 0.1) is 5.82 Å². The van der Waals surface area contributed by atoms with E-state index in [1.54, 1.807) is 0 Å². The number of hydrogen-bond donors (Lipinski definition) is 3. The molecule has 0 aliphatic rings. The number of benzene rings is 3. The number of carbonyl (C=O) groups is 1. The molecule has 3 rings (SSSR count). The summed E-state index contributed by atoms with van der Waals surface area (Å²) >= 11 is 0. The largest absolute Gasteiger partial charge is 0.388 e. The number of hydrogen-bond acceptors (Lipinski definition) is 3. The van der Waals surface area contributed by atoms with Crippen LogP contribution in [0.15, 0.2) is 72.8 Å². The van der Waals surface area contributed by atoms with Crippen LogP contribution in [0.1, 0.15) is 10.4 Å². The second-order valence-corrected chi connectivity index (χ2v) is 5.49. The number of carbonyl (C=O) groups excluding carboxylic acids is 1. The van der Waals surface area contributed by atoms with Gasteiger partial charge in [0.15, 0.2) is 0 Å². The molecule has 3 N–H and O–H groups in total. The molecule has 3 aromatic rings. The van der Waals surface area contributed by atoms with Crippen molar-refractivity contribution in [2.45, 2.75) is 0 Å². The third kappa shape index (κ3) is 4.35. The van der Waals surface area contributed by atoms with E-state index >= 15 is 0 Å². The van der Waals surface area contributed by atoms with Crippen LogP contribution < -0.4 is 16.0 Å². The van der Waals surface area contributed by atoms with Crippen LogP contribution in [0.2, 0.25) is 0 Å². The van der Waals surface area contributed by atoms with E-state index in [0.29, 0.717) is 11.3 Å². The van der Waals surface area contributed by atoms with E-state index in [1.165, 1.54) is 24.3 Å². The first kappa shape index (κ1) is 16.5. The highest BCUT2D eigenvalue weighted by Gasteiger charge is 2.06. The second-order valence-electron chi connectivity index (χ2n) is 5.49. The van der Waals surface area contributed by atoms with Gasteiger partial charge in [-0.2, -0.15) is 0 Å². The predicted octanol–water partition coefficient (Wildman–Crippen LogP) is 4.86. The van der Waals surface area contributed by atoms with Crippen LogP contribution >= 0.6 is 0 Å². The normalized spacial score (nSPS) is 10.2. The standard InChI is InChI=1S/C20H18FN3O/c1-22-16-6-8-17(9-7-16)23-18-10-12-19(13-11-18)24-20(25)14-2-4-15(21)5-3-14/h2-13,22-23H,1H3,(H,24,25). The van der Waals surface area contributed by atoms with Gasteiger partial charge in [-0.15, -0.1) is 0 Å². The Morgan fingerprint density at radius 1 is 0.720 bits per heavy atom. The smallest absolute Gasteiger partial charge is 0.255 e. The summed E-state index contributed by atoms with van der Waals surface area (Å²) in [6.07, 6.45) is 0. The molecule has 0 aliphatic heterocycles. The molecule has 5 heteroatoms. The van der Waals surface area contributed by atoms with Crippen LogP contribution in [0.5, 0.6) is 0 Å². The van der Waals surface area contributed by atoms with Crippen LogP contribution in [0.25, 0.3) is 0 Å². The summed E-state index contributed by atoms with van der Waals surface area (Å²) in [4.78, 5) is 12.1. The summed E-state index contributed by atoms with van der Waals surface area (Å²) in [5.74, 6) is -0.641. The fraction of sp³-hybridized carbons (Fsp3) is 0.0500. The average molecular weight is 335 g/mol. The van der Waals surface area contributed by atoms with E-state index in [9.17, 15) is 9.18 Å². The topological polar surface area (TPSA) is 53.2 Å². The van der Waals surface area contributed by atoms with Crippen LogP contribution in [0.4, 0.5) is 27.1 Å². The lowest BCUT2D eigenvalue weighted by Crippen LogP contribution is -2.11. The molecule has 0 atom stereocenters. The van der Waals surface area contributed by atoms with E-state index in [0.717, 1.165) is 17.1 Å². The summed E-state index contributed by atoms with van der Waals surface area (Å²) in [6, 6.07) is 20.8. The molecule has 0 saturated heterocycles. The van der Waals surface area contributed by atoms with Crippen LogP contribution in [0.3, 0.4) is 0 Å². The third-order valence-corrected chi connectivity index (χ3v) is 3.71. The zero-order chi connectivity index (χ0) is 17.6. The Balaban J connectivity index is 1.63. The third-order valence-electron chi connectivity index (χ3n) is 3.71. The van der Waals surface area contributed by atoms with Crippen molar-refractivity contribution < 1.29 is 9.18 Å². The van der Waals surface area contributed by atoms with Gasteiger partial charge in [0.1, 0.15) is 5.82 Å². The number of amides is 1. The molecule has 0 saturated carbocycles. The van der Waals surface area contributed by atoms with Crippen molar-refractivity contribution in [1.29, 1.82) is 0 Å². The molecular formula is C20H18FN3O. The molecule has 3 aromatic carbocycles. The Morgan fingerprint density at radius 2 is 1.20 bits per heavy atom. The second kappa shape index (κ2) is 7.49. The zero-order valence-electron chi connectivity index (χ0n) is 13.7. The fourth-order valence-corrected chi connectivity index (χ4v) is 2.33. The average Bonchev–Trinajstić information content (AvgIpc) is 2.64. The first-order chi connectivity index (χ1) is 12.1. The molecule has 25 heavy (non-hydrogen) atoms. The lowest BCUT2D eigenvalue weighted by Gasteiger charge is -2.09. The van der Waals surface area contributed by atoms with Crippen LogP contribution in [-0.2, 0) is 0 Å². The fourth-order valence-electron chi connectivity index (χ4n) is 2.33. The lowest BCUT2D eigenvalue weighted by atomic mass is 10.2. The van der Waals surface area contributed by atoms with Crippen molar-refractivity contribution in [3.05, 3.63) is 84.2 Å². The van der Waals surface area contributed by atoms with E-state index in [1.807, 2.05) is 55.6 Å². The summed E-state index contributed by atoms with van der Waals surface area (Å²) in [7, 11) is 1.88. The van der Waals surface area contributed by atoms with Gasteiger partial charge < -0.3 is 16.0 Å². The Hall–Kier alpha value is -3.34. The number of nitrogens with one attached hydrogen (secondary N) is 3. The molecule has 0 bridgehead atoms. The predicted molar refractivity (Wildman–Crippen MR) is 100 cm³/mol. The van der Waals surface area contributed by atoms with E-state index in [2.05, 4.69) is 16.0 Å². The lowest BCUT2D eigenvalue weighted by molar-refractivity contribution is 0.102. The van der Waals surface area contributed by atoms with Crippen LogP contribution in [-0.4, -0.2) is 13.0 Å². The summed E-state index contributed by atoms with van der Waals surface area (Å²) in [5.41, 5.74) is 4.02. The molecular weight excluding hydrogens is 317 g/mol. The molecule has 0 fully saturated rings. The number of anilines is 4. The molecule has 0 unspecified atom stereocenters. The molecule has 0 aromatic heterocycles. The van der Waals surface area contributed by atoms with Crippen molar-refractivity contribution in [2.75, 3.05) is 23.0 Å². The summed E-state index contributed by atoms with van der Waals surface area (Å²) < 4.78 is 12.9. The SMILES string of the molecule is CNc1ccc(Nc2ccc(NC(=O)c3ccc(F)cc3)cc2)cc1. The van der Waals surface area contributed by atoms with Gasteiger partial charge in [-0.3, -0.25) is 4.79 Å². The monoisotopic (exact) mass is 335 g/mol. The zero-order valence-corrected chi connectivity index (χ0v) is 13.7. The van der Waals surface area contributed by atoms with Gasteiger partial charge in [0, 0.05) is 35.4 Å². The maximum atomic E-state index is 12.9. The number of halogens is 1. The van der Waals surface area contributed by atoms with Crippen molar-refractivity contribution >= 4 is 28.7 Å². The van der Waals surface area contributed by atoms with Gasteiger partial charge in [-0.05, 0) is 72.8 Å². The summed E-state index contributed by atoms with van der Waals surface area (Å²) in [6.45, 7) is 0. The minimum absolute atomic E-state index is 0.275. The van der Waals surface area contributed by atoms with Crippen molar-refractivity contribution in [3.63, 3.8) is 0 Å². The first-order valence-electron chi connectivity index (χ1n) is 7.86. The minimum atomic E-state index is -0.366. The molecule has 1 amide bonds. The molecule has 0 spiro atoms. The van der Waals surface area contributed by atoms with Crippen molar-refractivity contribution in [1.82, 2.24) is 0 Å². The maximum Gasteiger partial charge on any atom is 0.255 e. The highest BCUT2D eigenvalue weighted by Crippen LogP contribution is 2.21. The first-order valence-corrected chi connectivity index (χ1v) is 7.86. The van der Waals surface area contributed by atoms with E-state index < -0.39 is 0 Å². The van der Waals surface area contributed by atoms with Gasteiger partial charge in [-0.1, -0.05) is 0 Å². The molecule has 0 aliphatic carbocycles. The van der Waals surface area contributed by atoms with E-state index in [4.69, 9.17) is 0 Å².